The molecule has 2 aromatic rings. The van der Waals surface area contributed by atoms with Gasteiger partial charge in [0.2, 0.25) is 10.0 Å². The van der Waals surface area contributed by atoms with Crippen LogP contribution in [-0.4, -0.2) is 108 Å². The fraction of sp³-hybridized carbons (Fsp3) is 0.611. The Morgan fingerprint density at radius 2 is 1.23 bits per heavy atom. The van der Waals surface area contributed by atoms with E-state index in [9.17, 15) is 16.8 Å². The van der Waals surface area contributed by atoms with Crippen LogP contribution in [0.1, 0.15) is 69.3 Å². The maximum absolute atomic E-state index is 14.0. The molecule has 5 rings (SSSR count). The lowest BCUT2D eigenvalue weighted by Crippen LogP contribution is -2.47. The second-order valence-corrected chi connectivity index (χ2v) is 17.6. The summed E-state index contributed by atoms with van der Waals surface area (Å²) in [4.78, 5) is 4.70. The first-order chi connectivity index (χ1) is 22.6. The molecule has 0 radical (unpaired) electrons. The molecule has 0 aromatic heterocycles. The van der Waals surface area contributed by atoms with Crippen molar-refractivity contribution in [2.45, 2.75) is 68.6 Å². The summed E-state index contributed by atoms with van der Waals surface area (Å²) in [6, 6.07) is 17.4. The SMILES string of the molecule is CN(C)c1ccc(S(=O)(=O)N2C/C=C\CN(S(=O)(=O)N3CCC(c4ccccc4)CC3)CCCN(CC3CCCCC3)CCC2)cc1. The first-order valence-corrected chi connectivity index (χ1v) is 20.4. The quantitative estimate of drug-likeness (QED) is 0.346. The molecule has 2 aromatic carbocycles. The molecule has 260 valence electrons. The summed E-state index contributed by atoms with van der Waals surface area (Å²) < 4.78 is 60.6. The second-order valence-electron chi connectivity index (χ2n) is 13.7. The van der Waals surface area contributed by atoms with Crippen LogP contribution >= 0.6 is 0 Å². The number of hydrogen-bond donors (Lipinski definition) is 0. The van der Waals surface area contributed by atoms with E-state index in [4.69, 9.17) is 0 Å². The predicted octanol–water partition coefficient (Wildman–Crippen LogP) is 5.40. The van der Waals surface area contributed by atoms with Gasteiger partial charge in [-0.2, -0.15) is 21.3 Å². The molecule has 0 unspecified atom stereocenters. The average Bonchev–Trinajstić information content (AvgIpc) is 3.11. The van der Waals surface area contributed by atoms with Crippen molar-refractivity contribution < 1.29 is 16.8 Å². The van der Waals surface area contributed by atoms with Crippen LogP contribution in [0.25, 0.3) is 0 Å². The van der Waals surface area contributed by atoms with Gasteiger partial charge in [-0.25, -0.2) is 8.42 Å². The number of anilines is 1. The Hall–Kier alpha value is -2.28. The van der Waals surface area contributed by atoms with Crippen molar-refractivity contribution in [2.75, 3.05) is 77.9 Å². The highest BCUT2D eigenvalue weighted by atomic mass is 32.2. The summed E-state index contributed by atoms with van der Waals surface area (Å²) in [6.45, 7) is 4.92. The van der Waals surface area contributed by atoms with E-state index in [-0.39, 0.29) is 18.0 Å². The highest BCUT2D eigenvalue weighted by molar-refractivity contribution is 7.89. The van der Waals surface area contributed by atoms with Crippen LogP contribution in [0.15, 0.2) is 71.6 Å². The van der Waals surface area contributed by atoms with Crippen LogP contribution in [0.5, 0.6) is 0 Å². The molecule has 0 bridgehead atoms. The third-order valence-electron chi connectivity index (χ3n) is 10.2. The fourth-order valence-corrected chi connectivity index (χ4v) is 10.4. The number of benzene rings is 2. The van der Waals surface area contributed by atoms with Gasteiger partial charge in [0, 0.05) is 65.6 Å². The van der Waals surface area contributed by atoms with Gasteiger partial charge in [0.15, 0.2) is 0 Å². The van der Waals surface area contributed by atoms with Crippen molar-refractivity contribution in [3.63, 3.8) is 0 Å². The monoisotopic (exact) mass is 685 g/mol. The van der Waals surface area contributed by atoms with Crippen LogP contribution in [0, 0.1) is 5.92 Å². The Morgan fingerprint density at radius 1 is 0.638 bits per heavy atom. The molecule has 1 saturated heterocycles. The molecule has 47 heavy (non-hydrogen) atoms. The third kappa shape index (κ3) is 9.67. The molecule has 1 aliphatic carbocycles. The van der Waals surface area contributed by atoms with Gasteiger partial charge >= 0.3 is 0 Å². The van der Waals surface area contributed by atoms with E-state index >= 15 is 0 Å². The van der Waals surface area contributed by atoms with Crippen molar-refractivity contribution in [1.29, 1.82) is 0 Å². The molecular formula is C36H55N5O4S2. The van der Waals surface area contributed by atoms with Crippen LogP contribution < -0.4 is 4.90 Å². The highest BCUT2D eigenvalue weighted by Gasteiger charge is 2.33. The van der Waals surface area contributed by atoms with E-state index < -0.39 is 20.2 Å². The zero-order chi connectivity index (χ0) is 33.3. The number of piperidine rings is 1. The Kier molecular flexibility index (Phi) is 12.9. The zero-order valence-electron chi connectivity index (χ0n) is 28.4. The van der Waals surface area contributed by atoms with Crippen LogP contribution in [0.4, 0.5) is 5.69 Å². The molecular weight excluding hydrogens is 631 g/mol. The van der Waals surface area contributed by atoms with E-state index in [1.54, 1.807) is 25.0 Å². The van der Waals surface area contributed by atoms with Crippen LogP contribution in [0.2, 0.25) is 0 Å². The van der Waals surface area contributed by atoms with Crippen LogP contribution in [-0.2, 0) is 20.2 Å². The lowest BCUT2D eigenvalue weighted by molar-refractivity contribution is 0.189. The summed E-state index contributed by atoms with van der Waals surface area (Å²) in [6.07, 6.45) is 13.1. The summed E-state index contributed by atoms with van der Waals surface area (Å²) in [7, 11) is -3.53. The van der Waals surface area contributed by atoms with Gasteiger partial charge in [0.1, 0.15) is 0 Å². The summed E-state index contributed by atoms with van der Waals surface area (Å²) in [5, 5.41) is 0. The standard InChI is InChI=1S/C36H55N5O4S2/c1-37(2)35-17-19-36(20-18-35)46(42,43)39-25-9-10-26-40(28-12-24-38(23-11-27-39)31-32-13-5-3-6-14-32)47(44,45)41-29-21-34(22-30-41)33-15-7-4-8-16-33/h4,7-10,15-20,32,34H,3,5-6,11-14,21-31H2,1-2H3/b10-9-. The van der Waals surface area contributed by atoms with Gasteiger partial charge < -0.3 is 9.80 Å². The van der Waals surface area contributed by atoms with Gasteiger partial charge in [-0.05, 0) is 93.3 Å². The van der Waals surface area contributed by atoms with E-state index in [2.05, 4.69) is 17.0 Å². The van der Waals surface area contributed by atoms with Gasteiger partial charge in [-0.15, -0.1) is 0 Å². The molecule has 3 aliphatic rings. The number of sulfonamides is 1. The van der Waals surface area contributed by atoms with Crippen molar-refractivity contribution >= 4 is 25.9 Å². The molecule has 0 spiro atoms. The minimum Gasteiger partial charge on any atom is -0.378 e. The minimum atomic E-state index is -3.73. The summed E-state index contributed by atoms with van der Waals surface area (Å²) in [5.74, 6) is 1.03. The predicted molar refractivity (Wildman–Crippen MR) is 191 cm³/mol. The molecule has 1 saturated carbocycles. The summed E-state index contributed by atoms with van der Waals surface area (Å²) >= 11 is 0. The van der Waals surface area contributed by atoms with E-state index in [1.807, 2.05) is 61.5 Å². The minimum absolute atomic E-state index is 0.205. The molecule has 0 amide bonds. The lowest BCUT2D eigenvalue weighted by atomic mass is 9.89. The molecule has 0 atom stereocenters. The van der Waals surface area contributed by atoms with Gasteiger partial charge in [0.05, 0.1) is 4.90 Å². The second kappa shape index (κ2) is 16.9. The molecule has 9 nitrogen and oxygen atoms in total. The topological polar surface area (TPSA) is 84.5 Å². The van der Waals surface area contributed by atoms with E-state index in [0.29, 0.717) is 38.0 Å². The Morgan fingerprint density at radius 3 is 1.85 bits per heavy atom. The fourth-order valence-electron chi connectivity index (χ4n) is 7.34. The van der Waals surface area contributed by atoms with Crippen molar-refractivity contribution in [1.82, 2.24) is 17.8 Å². The van der Waals surface area contributed by atoms with E-state index in [0.717, 1.165) is 51.0 Å². The van der Waals surface area contributed by atoms with Gasteiger partial charge in [-0.1, -0.05) is 61.7 Å². The average molecular weight is 686 g/mol. The Labute approximate surface area is 284 Å². The Bertz CT molecular complexity index is 1490. The van der Waals surface area contributed by atoms with Crippen molar-refractivity contribution in [3.8, 4) is 0 Å². The third-order valence-corrected chi connectivity index (χ3v) is 14.0. The molecule has 2 heterocycles. The largest absolute Gasteiger partial charge is 0.378 e. The highest BCUT2D eigenvalue weighted by Crippen LogP contribution is 2.30. The summed E-state index contributed by atoms with van der Waals surface area (Å²) in [5.41, 5.74) is 2.22. The van der Waals surface area contributed by atoms with Crippen molar-refractivity contribution in [2.24, 2.45) is 5.92 Å². The zero-order valence-corrected chi connectivity index (χ0v) is 30.1. The number of hydrogen-bond acceptors (Lipinski definition) is 6. The Balaban J connectivity index is 1.32. The molecule has 2 fully saturated rings. The van der Waals surface area contributed by atoms with Gasteiger partial charge in [0.25, 0.3) is 10.2 Å². The first kappa shape index (κ1) is 36.0. The first-order valence-electron chi connectivity index (χ1n) is 17.6. The maximum atomic E-state index is 14.0. The lowest BCUT2D eigenvalue weighted by Gasteiger charge is -2.35. The maximum Gasteiger partial charge on any atom is 0.282 e. The van der Waals surface area contributed by atoms with E-state index in [1.165, 1.54) is 37.7 Å². The van der Waals surface area contributed by atoms with Gasteiger partial charge in [-0.3, -0.25) is 0 Å². The normalized spacial score (nSPS) is 22.6. The molecule has 2 aliphatic heterocycles. The number of rotatable bonds is 8. The molecule has 11 heteroatoms. The number of nitrogens with zero attached hydrogens (tertiary/aromatic N) is 5. The molecule has 0 N–H and O–H groups in total. The van der Waals surface area contributed by atoms with Crippen LogP contribution in [0.3, 0.4) is 0 Å². The van der Waals surface area contributed by atoms with Crippen molar-refractivity contribution in [3.05, 3.63) is 72.3 Å². The smallest absolute Gasteiger partial charge is 0.282 e.